The first-order valence-electron chi connectivity index (χ1n) is 11.1. The predicted octanol–water partition coefficient (Wildman–Crippen LogP) is 1.28. The third-order valence-electron chi connectivity index (χ3n) is 6.10. The van der Waals surface area contributed by atoms with E-state index >= 15 is 0 Å². The van der Waals surface area contributed by atoms with Crippen molar-refractivity contribution in [1.29, 1.82) is 0 Å². The number of methoxy groups -OCH3 is 1. The van der Waals surface area contributed by atoms with Crippen LogP contribution in [-0.2, 0) is 22.4 Å². The molecule has 1 heterocycles. The highest BCUT2D eigenvalue weighted by Gasteiger charge is 2.23. The van der Waals surface area contributed by atoms with Crippen LogP contribution in [0.3, 0.4) is 0 Å². The minimum absolute atomic E-state index is 0.0134. The Morgan fingerprint density at radius 1 is 1.13 bits per heavy atom. The summed E-state index contributed by atoms with van der Waals surface area (Å²) in [6, 6.07) is 9.39. The zero-order valence-electron chi connectivity index (χ0n) is 18.7. The highest BCUT2D eigenvalue weighted by atomic mass is 16.5. The predicted molar refractivity (Wildman–Crippen MR) is 121 cm³/mol. The Balaban J connectivity index is 1.58. The van der Waals surface area contributed by atoms with Gasteiger partial charge in [-0.25, -0.2) is 4.99 Å². The smallest absolute Gasteiger partial charge is 0.243 e. The van der Waals surface area contributed by atoms with Gasteiger partial charge in [-0.2, -0.15) is 0 Å². The Kier molecular flexibility index (Phi) is 8.51. The van der Waals surface area contributed by atoms with E-state index in [1.54, 1.807) is 26.1 Å². The van der Waals surface area contributed by atoms with Crippen LogP contribution < -0.4 is 10.6 Å². The largest absolute Gasteiger partial charge is 0.383 e. The number of benzene rings is 1. The zero-order valence-corrected chi connectivity index (χ0v) is 18.7. The Morgan fingerprint density at radius 3 is 2.53 bits per heavy atom. The maximum absolute atomic E-state index is 12.1. The number of amides is 1. The molecule has 0 bridgehead atoms. The number of nitrogens with one attached hydrogen (secondary N) is 2. The average Bonchev–Trinajstić information content (AvgIpc) is 2.76. The molecule has 1 amide bonds. The van der Waals surface area contributed by atoms with Gasteiger partial charge in [0.05, 0.1) is 6.61 Å². The highest BCUT2D eigenvalue weighted by molar-refractivity contribution is 5.85. The number of likely N-dealkylation sites (N-methyl/N-ethyl adjacent to an activating group) is 1. The summed E-state index contributed by atoms with van der Waals surface area (Å²) in [6.45, 7) is 4.05. The molecule has 1 aromatic carbocycles. The van der Waals surface area contributed by atoms with E-state index in [-0.39, 0.29) is 12.5 Å². The van der Waals surface area contributed by atoms with Crippen molar-refractivity contribution in [3.63, 3.8) is 0 Å². The van der Waals surface area contributed by atoms with Gasteiger partial charge in [-0.15, -0.1) is 0 Å². The number of piperidine rings is 1. The Morgan fingerprint density at radius 2 is 1.83 bits per heavy atom. The molecular formula is C23H37N5O2. The normalized spacial score (nSPS) is 20.5. The molecule has 1 saturated heterocycles. The van der Waals surface area contributed by atoms with Gasteiger partial charge in [0.25, 0.3) is 0 Å². The zero-order chi connectivity index (χ0) is 21.3. The Labute approximate surface area is 180 Å². The van der Waals surface area contributed by atoms with E-state index in [0.29, 0.717) is 12.1 Å². The lowest BCUT2D eigenvalue weighted by Gasteiger charge is -2.34. The molecule has 1 fully saturated rings. The third-order valence-corrected chi connectivity index (χ3v) is 6.10. The molecule has 1 aliphatic carbocycles. The molecule has 30 heavy (non-hydrogen) atoms. The van der Waals surface area contributed by atoms with Crippen LogP contribution >= 0.6 is 0 Å². The molecule has 2 aliphatic rings. The maximum Gasteiger partial charge on any atom is 0.243 e. The van der Waals surface area contributed by atoms with Crippen molar-refractivity contribution in [3.05, 3.63) is 35.4 Å². The molecule has 3 rings (SSSR count). The molecule has 0 radical (unpaired) electrons. The first kappa shape index (κ1) is 22.6. The van der Waals surface area contributed by atoms with Crippen LogP contribution in [0.2, 0.25) is 0 Å². The van der Waals surface area contributed by atoms with E-state index < -0.39 is 0 Å². The summed E-state index contributed by atoms with van der Waals surface area (Å²) in [5.74, 6) is 0.782. The first-order valence-corrected chi connectivity index (χ1v) is 11.1. The highest BCUT2D eigenvalue weighted by Crippen LogP contribution is 2.21. The fourth-order valence-electron chi connectivity index (χ4n) is 4.15. The van der Waals surface area contributed by atoms with E-state index in [2.05, 4.69) is 44.8 Å². The molecule has 0 saturated carbocycles. The van der Waals surface area contributed by atoms with Gasteiger partial charge in [-0.05, 0) is 43.2 Å². The number of rotatable bonds is 7. The summed E-state index contributed by atoms with van der Waals surface area (Å²) >= 11 is 0. The summed E-state index contributed by atoms with van der Waals surface area (Å²) < 4.78 is 5.20. The molecule has 1 aromatic rings. The molecule has 1 atom stereocenters. The van der Waals surface area contributed by atoms with Gasteiger partial charge in [-0.3, -0.25) is 4.79 Å². The van der Waals surface area contributed by atoms with Gasteiger partial charge in [0.15, 0.2) is 5.96 Å². The number of ether oxygens (including phenoxy) is 1. The van der Waals surface area contributed by atoms with Gasteiger partial charge in [0.2, 0.25) is 5.91 Å². The minimum Gasteiger partial charge on any atom is -0.383 e. The first-order chi connectivity index (χ1) is 14.5. The van der Waals surface area contributed by atoms with Crippen molar-refractivity contribution in [2.75, 3.05) is 54.0 Å². The summed E-state index contributed by atoms with van der Waals surface area (Å²) in [7, 11) is 5.29. The number of carbonyl (C=O) groups is 1. The summed E-state index contributed by atoms with van der Waals surface area (Å²) in [6.07, 6.45) is 5.29. The second-order valence-corrected chi connectivity index (χ2v) is 8.56. The number of likely N-dealkylation sites (tertiary alicyclic amines) is 1. The number of carbonyl (C=O) groups excluding carboxylic acids is 1. The van der Waals surface area contributed by atoms with Crippen molar-refractivity contribution in [2.24, 2.45) is 4.99 Å². The van der Waals surface area contributed by atoms with Crippen LogP contribution in [0, 0.1) is 0 Å². The number of guanidine groups is 1. The fourth-order valence-corrected chi connectivity index (χ4v) is 4.15. The van der Waals surface area contributed by atoms with Crippen molar-refractivity contribution in [3.8, 4) is 0 Å². The number of hydrogen-bond acceptors (Lipinski definition) is 4. The lowest BCUT2D eigenvalue weighted by Crippen LogP contribution is -2.52. The molecule has 7 heteroatoms. The van der Waals surface area contributed by atoms with Gasteiger partial charge >= 0.3 is 0 Å². The van der Waals surface area contributed by atoms with Crippen molar-refractivity contribution in [2.45, 2.75) is 44.2 Å². The van der Waals surface area contributed by atoms with Crippen molar-refractivity contribution < 1.29 is 9.53 Å². The SMILES string of the molecule is COCCN1CCC(NC(=NCC(=O)N(C)C)NC2CCc3ccccc3C2)CC1. The molecular weight excluding hydrogens is 378 g/mol. The maximum atomic E-state index is 12.1. The number of aliphatic imine (C=N–C) groups is 1. The molecule has 0 spiro atoms. The standard InChI is InChI=1S/C23H37N5O2/c1-27(2)22(29)17-24-23(25-20-10-12-28(13-11-20)14-15-30-3)26-21-9-8-18-6-4-5-7-19(18)16-21/h4-7,20-21H,8-17H2,1-3H3,(H2,24,25,26). The van der Waals surface area contributed by atoms with Crippen LogP contribution in [0.1, 0.15) is 30.4 Å². The lowest BCUT2D eigenvalue weighted by molar-refractivity contribution is -0.127. The van der Waals surface area contributed by atoms with Gasteiger partial charge < -0.3 is 25.2 Å². The Bertz CT molecular complexity index is 713. The number of nitrogens with zero attached hydrogens (tertiary/aromatic N) is 3. The molecule has 166 valence electrons. The molecule has 7 nitrogen and oxygen atoms in total. The minimum atomic E-state index is 0.0134. The van der Waals surface area contributed by atoms with Crippen molar-refractivity contribution in [1.82, 2.24) is 20.4 Å². The third kappa shape index (κ3) is 6.71. The second kappa shape index (κ2) is 11.3. The number of aryl methyl sites for hydroxylation is 1. The van der Waals surface area contributed by atoms with Crippen LogP contribution in [-0.4, -0.2) is 87.7 Å². The second-order valence-electron chi connectivity index (χ2n) is 8.56. The van der Waals surface area contributed by atoms with Gasteiger partial charge in [-0.1, -0.05) is 24.3 Å². The van der Waals surface area contributed by atoms with E-state index in [1.807, 2.05) is 0 Å². The van der Waals surface area contributed by atoms with E-state index in [9.17, 15) is 4.79 Å². The molecule has 2 N–H and O–H groups in total. The monoisotopic (exact) mass is 415 g/mol. The summed E-state index contributed by atoms with van der Waals surface area (Å²) in [5, 5.41) is 7.23. The van der Waals surface area contributed by atoms with E-state index in [1.165, 1.54) is 11.1 Å². The van der Waals surface area contributed by atoms with E-state index in [4.69, 9.17) is 4.74 Å². The quantitative estimate of drug-likeness (QED) is 0.519. The molecule has 1 aliphatic heterocycles. The van der Waals surface area contributed by atoms with E-state index in [0.717, 1.165) is 64.3 Å². The van der Waals surface area contributed by atoms with Crippen LogP contribution in [0.25, 0.3) is 0 Å². The summed E-state index contributed by atoms with van der Waals surface area (Å²) in [4.78, 5) is 20.7. The average molecular weight is 416 g/mol. The Hall–Kier alpha value is -2.12. The topological polar surface area (TPSA) is 69.2 Å². The van der Waals surface area contributed by atoms with Crippen molar-refractivity contribution >= 4 is 11.9 Å². The molecule has 1 unspecified atom stereocenters. The number of fused-ring (bicyclic) bond motifs is 1. The van der Waals surface area contributed by atoms with Crippen LogP contribution in [0.5, 0.6) is 0 Å². The van der Waals surface area contributed by atoms with Gasteiger partial charge in [0.1, 0.15) is 6.54 Å². The van der Waals surface area contributed by atoms with Crippen LogP contribution in [0.4, 0.5) is 0 Å². The molecule has 0 aromatic heterocycles. The van der Waals surface area contributed by atoms with Crippen LogP contribution in [0.15, 0.2) is 29.3 Å². The lowest BCUT2D eigenvalue weighted by atomic mass is 9.88. The number of hydrogen-bond donors (Lipinski definition) is 2. The van der Waals surface area contributed by atoms with Gasteiger partial charge in [0, 0.05) is 52.9 Å². The summed E-state index contributed by atoms with van der Waals surface area (Å²) in [5.41, 5.74) is 2.87. The fraction of sp³-hybridized carbons (Fsp3) is 0.652.